The van der Waals surface area contributed by atoms with Crippen LogP contribution in [0.2, 0.25) is 0 Å². The lowest BCUT2D eigenvalue weighted by Crippen LogP contribution is -2.47. The van der Waals surface area contributed by atoms with Crippen LogP contribution in [0.4, 0.5) is 0 Å². The van der Waals surface area contributed by atoms with E-state index in [0.29, 0.717) is 0 Å². The Morgan fingerprint density at radius 3 is 2.50 bits per heavy atom. The first-order chi connectivity index (χ1) is 8.35. The monoisotopic (exact) mass is 255 g/mol. The number of nitrogens with zero attached hydrogens (tertiary/aromatic N) is 2. The van der Waals surface area contributed by atoms with Crippen molar-refractivity contribution in [3.8, 4) is 0 Å². The molecule has 0 aromatic heterocycles. The van der Waals surface area contributed by atoms with Gasteiger partial charge in [0, 0.05) is 12.6 Å². The van der Waals surface area contributed by atoms with Gasteiger partial charge in [-0.25, -0.2) is 0 Å². The lowest BCUT2D eigenvalue weighted by molar-refractivity contribution is -0.135. The summed E-state index contributed by atoms with van der Waals surface area (Å²) >= 11 is 0. The summed E-state index contributed by atoms with van der Waals surface area (Å²) in [6, 6.07) is 0.255. The summed E-state index contributed by atoms with van der Waals surface area (Å²) < 4.78 is 0. The minimum atomic E-state index is -0.375. The summed E-state index contributed by atoms with van der Waals surface area (Å²) in [4.78, 5) is 16.8. The first-order valence-electron chi connectivity index (χ1n) is 7.11. The molecule has 1 aliphatic rings. The predicted octanol–water partition coefficient (Wildman–Crippen LogP) is 1.66. The normalized spacial score (nSPS) is 30.3. The highest BCUT2D eigenvalue weighted by molar-refractivity contribution is 5.88. The number of likely N-dealkylation sites (N-methyl/N-ethyl adjacent to an activating group) is 1. The highest BCUT2D eigenvalue weighted by atomic mass is 16.2. The van der Waals surface area contributed by atoms with Crippen LogP contribution in [0.5, 0.6) is 0 Å². The van der Waals surface area contributed by atoms with Crippen molar-refractivity contribution in [3.05, 3.63) is 0 Å². The van der Waals surface area contributed by atoms with E-state index in [1.165, 1.54) is 0 Å². The molecule has 1 heterocycles. The molecule has 3 atom stereocenters. The molecule has 18 heavy (non-hydrogen) atoms. The minimum Gasteiger partial charge on any atom is -0.322 e. The Balaban J connectivity index is 2.87. The number of rotatable bonds is 6. The lowest BCUT2D eigenvalue weighted by atomic mass is 9.99. The molecule has 0 saturated carbocycles. The first kappa shape index (κ1) is 15.4. The third-order valence-corrected chi connectivity index (χ3v) is 3.90. The number of hydrogen-bond acceptors (Lipinski definition) is 3. The van der Waals surface area contributed by atoms with Crippen molar-refractivity contribution in [3.63, 3.8) is 0 Å². The number of hydrogen-bond donors (Lipinski definition) is 1. The van der Waals surface area contributed by atoms with Crippen molar-refractivity contribution < 1.29 is 4.79 Å². The van der Waals surface area contributed by atoms with Crippen molar-refractivity contribution in [1.29, 1.82) is 0 Å². The molecule has 4 nitrogen and oxygen atoms in total. The second-order valence-electron chi connectivity index (χ2n) is 5.96. The van der Waals surface area contributed by atoms with E-state index < -0.39 is 0 Å². The zero-order valence-electron chi connectivity index (χ0n) is 12.8. The molecule has 0 aromatic rings. The lowest BCUT2D eigenvalue weighted by Gasteiger charge is -2.32. The average Bonchev–Trinajstić information content (AvgIpc) is 2.51. The fourth-order valence-electron chi connectivity index (χ4n) is 2.79. The number of nitrogens with one attached hydrogen (secondary N) is 1. The Hall–Kier alpha value is -0.610. The molecular formula is C14H29N3O. The van der Waals surface area contributed by atoms with E-state index in [0.717, 1.165) is 25.8 Å². The number of carbonyl (C=O) groups is 1. The minimum absolute atomic E-state index is 0.197. The maximum Gasteiger partial charge on any atom is 0.244 e. The Labute approximate surface area is 112 Å². The molecular weight excluding hydrogens is 226 g/mol. The summed E-state index contributed by atoms with van der Waals surface area (Å²) in [5.74, 6) is 0.262. The van der Waals surface area contributed by atoms with Crippen LogP contribution in [0.25, 0.3) is 0 Å². The van der Waals surface area contributed by atoms with Crippen LogP contribution in [0, 0.1) is 0 Å². The summed E-state index contributed by atoms with van der Waals surface area (Å²) in [6.45, 7) is 9.33. The second kappa shape index (κ2) is 6.02. The largest absolute Gasteiger partial charge is 0.322 e. The van der Waals surface area contributed by atoms with Gasteiger partial charge in [-0.15, -0.1) is 0 Å². The molecule has 0 aromatic carbocycles. The van der Waals surface area contributed by atoms with E-state index in [-0.39, 0.29) is 23.7 Å². The van der Waals surface area contributed by atoms with Crippen LogP contribution >= 0.6 is 0 Å². The molecule has 1 aliphatic heterocycles. The highest BCUT2D eigenvalue weighted by Gasteiger charge is 2.47. The third kappa shape index (κ3) is 3.04. The third-order valence-electron chi connectivity index (χ3n) is 3.90. The van der Waals surface area contributed by atoms with Gasteiger partial charge in [0.1, 0.15) is 0 Å². The second-order valence-corrected chi connectivity index (χ2v) is 5.96. The fraction of sp³-hybridized carbons (Fsp3) is 0.929. The van der Waals surface area contributed by atoms with Crippen molar-refractivity contribution in [2.75, 3.05) is 20.6 Å². The molecule has 0 radical (unpaired) electrons. The molecule has 106 valence electrons. The van der Waals surface area contributed by atoms with Gasteiger partial charge in [-0.05, 0) is 40.8 Å². The maximum atomic E-state index is 12.6. The van der Waals surface area contributed by atoms with Gasteiger partial charge in [-0.3, -0.25) is 10.1 Å². The van der Waals surface area contributed by atoms with Crippen molar-refractivity contribution in [2.45, 2.75) is 64.7 Å². The Morgan fingerprint density at radius 1 is 1.44 bits per heavy atom. The van der Waals surface area contributed by atoms with Gasteiger partial charge < -0.3 is 9.80 Å². The van der Waals surface area contributed by atoms with Gasteiger partial charge >= 0.3 is 0 Å². The zero-order chi connectivity index (χ0) is 13.9. The van der Waals surface area contributed by atoms with Gasteiger partial charge in [0.25, 0.3) is 0 Å². The average molecular weight is 255 g/mol. The van der Waals surface area contributed by atoms with E-state index in [1.807, 2.05) is 6.92 Å². The summed E-state index contributed by atoms with van der Waals surface area (Å²) in [5.41, 5.74) is -0.375. The smallest absolute Gasteiger partial charge is 0.244 e. The molecule has 1 rings (SSSR count). The van der Waals surface area contributed by atoms with Crippen molar-refractivity contribution >= 4 is 5.91 Å². The summed E-state index contributed by atoms with van der Waals surface area (Å²) in [6.07, 6.45) is 3.16. The first-order valence-corrected chi connectivity index (χ1v) is 7.11. The molecule has 0 aliphatic carbocycles. The SMILES string of the molecule is CCCC1NC(C)(CC)C(=O)N1C(C)CN(C)C. The molecule has 3 unspecified atom stereocenters. The van der Waals surface area contributed by atoms with Crippen LogP contribution in [0.15, 0.2) is 0 Å². The number of carbonyl (C=O) groups excluding carboxylic acids is 1. The molecule has 1 amide bonds. The quantitative estimate of drug-likeness (QED) is 0.784. The highest BCUT2D eigenvalue weighted by Crippen LogP contribution is 2.27. The van der Waals surface area contributed by atoms with E-state index >= 15 is 0 Å². The summed E-state index contributed by atoms with van der Waals surface area (Å²) in [7, 11) is 4.11. The zero-order valence-corrected chi connectivity index (χ0v) is 12.8. The molecule has 1 saturated heterocycles. The van der Waals surface area contributed by atoms with Gasteiger partial charge in [0.2, 0.25) is 5.91 Å². The Morgan fingerprint density at radius 2 is 2.06 bits per heavy atom. The van der Waals surface area contributed by atoms with Crippen molar-refractivity contribution in [1.82, 2.24) is 15.1 Å². The maximum absolute atomic E-state index is 12.6. The topological polar surface area (TPSA) is 35.6 Å². The van der Waals surface area contributed by atoms with Gasteiger partial charge in [-0.2, -0.15) is 0 Å². The molecule has 4 heteroatoms. The predicted molar refractivity (Wildman–Crippen MR) is 75.4 cm³/mol. The van der Waals surface area contributed by atoms with Crippen LogP contribution in [-0.2, 0) is 4.79 Å². The van der Waals surface area contributed by atoms with Crippen LogP contribution in [-0.4, -0.2) is 54.1 Å². The standard InChI is InChI=1S/C14H29N3O/c1-7-9-12-15-14(4,8-2)13(18)17(12)11(3)10-16(5)6/h11-12,15H,7-10H2,1-6H3. The van der Waals surface area contributed by atoms with Crippen molar-refractivity contribution in [2.24, 2.45) is 0 Å². The molecule has 0 spiro atoms. The van der Waals surface area contributed by atoms with Crippen LogP contribution < -0.4 is 5.32 Å². The van der Waals surface area contributed by atoms with E-state index in [1.54, 1.807) is 0 Å². The fourth-order valence-corrected chi connectivity index (χ4v) is 2.79. The van der Waals surface area contributed by atoms with Crippen LogP contribution in [0.3, 0.4) is 0 Å². The van der Waals surface area contributed by atoms with Gasteiger partial charge in [-0.1, -0.05) is 20.3 Å². The summed E-state index contributed by atoms with van der Waals surface area (Å²) in [5, 5.41) is 3.53. The molecule has 1 N–H and O–H groups in total. The number of amides is 1. The van der Waals surface area contributed by atoms with E-state index in [2.05, 4.69) is 50.0 Å². The van der Waals surface area contributed by atoms with Crippen LogP contribution in [0.1, 0.15) is 47.0 Å². The Bertz CT molecular complexity index is 293. The van der Waals surface area contributed by atoms with Gasteiger partial charge in [0.15, 0.2) is 0 Å². The van der Waals surface area contributed by atoms with Gasteiger partial charge in [0.05, 0.1) is 11.7 Å². The molecule has 0 bridgehead atoms. The van der Waals surface area contributed by atoms with E-state index in [9.17, 15) is 4.79 Å². The van der Waals surface area contributed by atoms with E-state index in [4.69, 9.17) is 0 Å². The molecule has 1 fully saturated rings. The Kier molecular flexibility index (Phi) is 5.17.